The summed E-state index contributed by atoms with van der Waals surface area (Å²) in [6, 6.07) is 1.83. The van der Waals surface area contributed by atoms with Crippen LogP contribution in [0, 0.1) is 5.92 Å². The predicted molar refractivity (Wildman–Crippen MR) is 78.9 cm³/mol. The Labute approximate surface area is 120 Å². The van der Waals surface area contributed by atoms with Crippen LogP contribution in [0.25, 0.3) is 0 Å². The number of nitrogens with one attached hydrogen (secondary N) is 2. The number of ether oxygens (including phenoxy) is 1. The normalized spacial score (nSPS) is 21.7. The van der Waals surface area contributed by atoms with Gasteiger partial charge in [-0.1, -0.05) is 6.92 Å². The molecule has 1 fully saturated rings. The van der Waals surface area contributed by atoms with E-state index in [2.05, 4.69) is 22.5 Å². The summed E-state index contributed by atoms with van der Waals surface area (Å²) >= 11 is 0. The van der Waals surface area contributed by atoms with Crippen molar-refractivity contribution in [3.63, 3.8) is 0 Å². The van der Waals surface area contributed by atoms with Crippen molar-refractivity contribution in [2.45, 2.75) is 32.8 Å². The summed E-state index contributed by atoms with van der Waals surface area (Å²) in [4.78, 5) is 16.3. The topological polar surface area (TPSA) is 63.2 Å². The van der Waals surface area contributed by atoms with Crippen molar-refractivity contribution in [2.75, 3.05) is 25.0 Å². The van der Waals surface area contributed by atoms with E-state index in [-0.39, 0.29) is 12.0 Å². The van der Waals surface area contributed by atoms with Gasteiger partial charge in [0.05, 0.1) is 17.4 Å². The van der Waals surface area contributed by atoms with E-state index in [0.29, 0.717) is 18.0 Å². The van der Waals surface area contributed by atoms with Gasteiger partial charge in [0.25, 0.3) is 5.91 Å². The number of nitrogens with zero attached hydrogens (tertiary/aromatic N) is 1. The van der Waals surface area contributed by atoms with Gasteiger partial charge in [0, 0.05) is 38.0 Å². The number of amides is 1. The Balaban J connectivity index is 1.95. The van der Waals surface area contributed by atoms with Gasteiger partial charge in [0.2, 0.25) is 0 Å². The largest absolute Gasteiger partial charge is 0.385 e. The molecule has 1 aliphatic rings. The highest BCUT2D eigenvalue weighted by Gasteiger charge is 2.27. The fourth-order valence-electron chi connectivity index (χ4n) is 2.62. The third kappa shape index (κ3) is 3.48. The molecular formula is C15H23N3O2. The van der Waals surface area contributed by atoms with E-state index in [9.17, 15) is 4.79 Å². The second kappa shape index (κ2) is 7.24. The van der Waals surface area contributed by atoms with E-state index >= 15 is 0 Å². The van der Waals surface area contributed by atoms with Crippen LogP contribution in [0.3, 0.4) is 0 Å². The van der Waals surface area contributed by atoms with Crippen LogP contribution in [0.2, 0.25) is 0 Å². The quantitative estimate of drug-likeness (QED) is 0.835. The maximum Gasteiger partial charge on any atom is 0.254 e. The van der Waals surface area contributed by atoms with E-state index in [1.807, 2.05) is 13.0 Å². The summed E-state index contributed by atoms with van der Waals surface area (Å²) in [5.74, 6) is 0.346. The van der Waals surface area contributed by atoms with E-state index in [4.69, 9.17) is 4.74 Å². The van der Waals surface area contributed by atoms with Crippen molar-refractivity contribution in [2.24, 2.45) is 5.92 Å². The monoisotopic (exact) mass is 277 g/mol. The first-order chi connectivity index (χ1) is 9.76. The van der Waals surface area contributed by atoms with Crippen molar-refractivity contribution in [1.29, 1.82) is 0 Å². The smallest absolute Gasteiger partial charge is 0.254 e. The second-order valence-electron chi connectivity index (χ2n) is 5.03. The van der Waals surface area contributed by atoms with Crippen LogP contribution >= 0.6 is 0 Å². The molecule has 5 nitrogen and oxygen atoms in total. The van der Waals surface area contributed by atoms with Crippen LogP contribution in [-0.4, -0.2) is 36.7 Å². The molecule has 2 atom stereocenters. The Morgan fingerprint density at radius 3 is 3.10 bits per heavy atom. The van der Waals surface area contributed by atoms with Crippen molar-refractivity contribution in [3.05, 3.63) is 24.0 Å². The lowest BCUT2D eigenvalue weighted by Crippen LogP contribution is -2.33. The number of carbonyl (C=O) groups is 1. The summed E-state index contributed by atoms with van der Waals surface area (Å²) in [7, 11) is 0. The lowest BCUT2D eigenvalue weighted by Gasteiger charge is -2.17. The minimum atomic E-state index is -0.0733. The van der Waals surface area contributed by atoms with Gasteiger partial charge in [-0.25, -0.2) is 0 Å². The molecular weight excluding hydrogens is 254 g/mol. The highest BCUT2D eigenvalue weighted by molar-refractivity contribution is 5.99. The Kier molecular flexibility index (Phi) is 5.35. The Bertz CT molecular complexity index is 450. The molecule has 110 valence electrons. The number of anilines is 1. The lowest BCUT2D eigenvalue weighted by molar-refractivity contribution is 0.0827. The Morgan fingerprint density at radius 2 is 2.35 bits per heavy atom. The first kappa shape index (κ1) is 14.8. The summed E-state index contributed by atoms with van der Waals surface area (Å²) in [6.45, 7) is 6.37. The molecule has 1 amide bonds. The molecule has 1 saturated heterocycles. The molecule has 0 spiro atoms. The van der Waals surface area contributed by atoms with E-state index in [1.165, 1.54) is 0 Å². The zero-order chi connectivity index (χ0) is 14.4. The molecule has 5 heteroatoms. The van der Waals surface area contributed by atoms with Crippen LogP contribution in [0.4, 0.5) is 5.69 Å². The number of carbonyl (C=O) groups excluding carboxylic acids is 1. The molecule has 0 bridgehead atoms. The maximum atomic E-state index is 12.3. The molecule has 0 aliphatic carbocycles. The van der Waals surface area contributed by atoms with Gasteiger partial charge in [0.1, 0.15) is 0 Å². The number of rotatable bonds is 6. The third-order valence-corrected chi connectivity index (χ3v) is 3.71. The van der Waals surface area contributed by atoms with Gasteiger partial charge in [-0.05, 0) is 25.8 Å². The van der Waals surface area contributed by atoms with Crippen LogP contribution in [0.5, 0.6) is 0 Å². The molecule has 0 saturated carbocycles. The number of hydrogen-bond donors (Lipinski definition) is 2. The average molecular weight is 277 g/mol. The standard InChI is InChI=1S/C15H23N3O2/c1-3-14-11(6-8-20-14)9-18-15(19)12-10-16-7-5-13(12)17-4-2/h5,7,10-11,14H,3-4,6,8-9H2,1-2H3,(H,16,17)(H,18,19). The molecule has 0 radical (unpaired) electrons. The molecule has 20 heavy (non-hydrogen) atoms. The number of pyridine rings is 1. The molecule has 1 aromatic heterocycles. The fraction of sp³-hybridized carbons (Fsp3) is 0.600. The average Bonchev–Trinajstić information content (AvgIpc) is 2.93. The SMILES string of the molecule is CCNc1ccncc1C(=O)NCC1CCOC1CC. The van der Waals surface area contributed by atoms with Crippen molar-refractivity contribution >= 4 is 11.6 Å². The summed E-state index contributed by atoms with van der Waals surface area (Å²) in [5, 5.41) is 6.18. The van der Waals surface area contributed by atoms with Gasteiger partial charge in [0.15, 0.2) is 0 Å². The van der Waals surface area contributed by atoms with E-state index < -0.39 is 0 Å². The maximum absolute atomic E-state index is 12.3. The minimum Gasteiger partial charge on any atom is -0.385 e. The van der Waals surface area contributed by atoms with Crippen molar-refractivity contribution in [1.82, 2.24) is 10.3 Å². The Hall–Kier alpha value is -1.62. The first-order valence-electron chi connectivity index (χ1n) is 7.33. The van der Waals surface area contributed by atoms with Gasteiger partial charge in [-0.2, -0.15) is 0 Å². The van der Waals surface area contributed by atoms with Gasteiger partial charge < -0.3 is 15.4 Å². The highest BCUT2D eigenvalue weighted by Crippen LogP contribution is 2.22. The summed E-state index contributed by atoms with van der Waals surface area (Å²) in [6.07, 6.45) is 5.59. The molecule has 0 aromatic carbocycles. The predicted octanol–water partition coefficient (Wildman–Crippen LogP) is 2.06. The molecule has 2 rings (SSSR count). The summed E-state index contributed by atoms with van der Waals surface area (Å²) < 4.78 is 5.64. The van der Waals surface area contributed by atoms with Gasteiger partial charge in [-0.3, -0.25) is 9.78 Å². The zero-order valence-corrected chi connectivity index (χ0v) is 12.2. The van der Waals surface area contributed by atoms with Crippen LogP contribution < -0.4 is 10.6 Å². The molecule has 1 aromatic rings. The number of hydrogen-bond acceptors (Lipinski definition) is 4. The fourth-order valence-corrected chi connectivity index (χ4v) is 2.62. The van der Waals surface area contributed by atoms with Crippen molar-refractivity contribution < 1.29 is 9.53 Å². The minimum absolute atomic E-state index is 0.0733. The van der Waals surface area contributed by atoms with Crippen molar-refractivity contribution in [3.8, 4) is 0 Å². The highest BCUT2D eigenvalue weighted by atomic mass is 16.5. The van der Waals surface area contributed by atoms with Crippen LogP contribution in [0.15, 0.2) is 18.5 Å². The van der Waals surface area contributed by atoms with Crippen LogP contribution in [-0.2, 0) is 4.74 Å². The summed E-state index contributed by atoms with van der Waals surface area (Å²) in [5.41, 5.74) is 1.43. The zero-order valence-electron chi connectivity index (χ0n) is 12.2. The van der Waals surface area contributed by atoms with E-state index in [0.717, 1.165) is 31.7 Å². The first-order valence-corrected chi connectivity index (χ1v) is 7.33. The molecule has 2 unspecified atom stereocenters. The Morgan fingerprint density at radius 1 is 1.50 bits per heavy atom. The van der Waals surface area contributed by atoms with Gasteiger partial charge in [-0.15, -0.1) is 0 Å². The number of aromatic nitrogens is 1. The molecule has 2 N–H and O–H groups in total. The van der Waals surface area contributed by atoms with E-state index in [1.54, 1.807) is 12.4 Å². The second-order valence-corrected chi connectivity index (χ2v) is 5.03. The molecule has 1 aliphatic heterocycles. The third-order valence-electron chi connectivity index (χ3n) is 3.71. The van der Waals surface area contributed by atoms with Gasteiger partial charge >= 0.3 is 0 Å². The molecule has 2 heterocycles. The van der Waals surface area contributed by atoms with Crippen LogP contribution in [0.1, 0.15) is 37.0 Å². The lowest BCUT2D eigenvalue weighted by atomic mass is 9.99.